The van der Waals surface area contributed by atoms with Crippen molar-refractivity contribution in [2.45, 2.75) is 6.92 Å². The molecular weight excluding hydrogens is 470 g/mol. The molecule has 37 heavy (non-hydrogen) atoms. The van der Waals surface area contributed by atoms with Crippen molar-refractivity contribution in [1.29, 1.82) is 0 Å². The van der Waals surface area contributed by atoms with Gasteiger partial charge in [-0.3, -0.25) is 14.6 Å². The molecule has 3 aromatic rings. The number of anilines is 3. The molecule has 190 valence electrons. The fourth-order valence-electron chi connectivity index (χ4n) is 4.10. The molecule has 0 aliphatic carbocycles. The quantitative estimate of drug-likeness (QED) is 0.360. The van der Waals surface area contributed by atoms with Crippen LogP contribution in [0.1, 0.15) is 28.4 Å². The van der Waals surface area contributed by atoms with E-state index in [1.54, 1.807) is 42.4 Å². The third-order valence-electron chi connectivity index (χ3n) is 6.00. The topological polar surface area (TPSA) is 104 Å². The van der Waals surface area contributed by atoms with Gasteiger partial charge in [-0.05, 0) is 62.6 Å². The first-order valence-electron chi connectivity index (χ1n) is 11.8. The molecule has 0 unspecified atom stereocenters. The Kier molecular flexibility index (Phi) is 7.64. The van der Waals surface area contributed by atoms with Crippen molar-refractivity contribution in [3.05, 3.63) is 83.7 Å². The number of methoxy groups -OCH3 is 1. The molecule has 0 radical (unpaired) electrons. The fraction of sp³-hybridized carbons (Fsp3) is 0.214. The highest BCUT2D eigenvalue weighted by molar-refractivity contribution is 6.37. The van der Waals surface area contributed by atoms with Gasteiger partial charge in [-0.25, -0.2) is 4.79 Å². The van der Waals surface area contributed by atoms with Crippen LogP contribution in [-0.2, 0) is 14.3 Å². The molecule has 1 aromatic heterocycles. The summed E-state index contributed by atoms with van der Waals surface area (Å²) in [5, 5.41) is 6.24. The number of carbonyl (C=O) groups is 3. The Morgan fingerprint density at radius 2 is 1.68 bits per heavy atom. The Morgan fingerprint density at radius 1 is 0.973 bits per heavy atom. The molecular formula is C28H29N5O4. The Labute approximate surface area is 215 Å². The van der Waals surface area contributed by atoms with Crippen LogP contribution in [-0.4, -0.2) is 62.0 Å². The van der Waals surface area contributed by atoms with E-state index in [0.29, 0.717) is 34.6 Å². The van der Waals surface area contributed by atoms with E-state index in [1.165, 1.54) is 7.11 Å². The fourth-order valence-corrected chi connectivity index (χ4v) is 4.10. The molecule has 2 amide bonds. The zero-order valence-electron chi connectivity index (χ0n) is 21.2. The highest BCUT2D eigenvalue weighted by Gasteiger charge is 2.29. The van der Waals surface area contributed by atoms with Crippen LogP contribution < -0.4 is 15.5 Å². The van der Waals surface area contributed by atoms with Gasteiger partial charge in [-0.2, -0.15) is 0 Å². The van der Waals surface area contributed by atoms with Gasteiger partial charge in [-0.1, -0.05) is 6.07 Å². The van der Waals surface area contributed by atoms with E-state index in [0.717, 1.165) is 23.5 Å². The van der Waals surface area contributed by atoms with Crippen LogP contribution >= 0.6 is 0 Å². The van der Waals surface area contributed by atoms with Gasteiger partial charge in [0.05, 0.1) is 29.6 Å². The normalized spacial score (nSPS) is 13.6. The van der Waals surface area contributed by atoms with E-state index in [-0.39, 0.29) is 11.8 Å². The van der Waals surface area contributed by atoms with E-state index in [4.69, 9.17) is 4.74 Å². The first-order valence-corrected chi connectivity index (χ1v) is 11.8. The van der Waals surface area contributed by atoms with Gasteiger partial charge in [0.2, 0.25) is 5.91 Å². The Hall–Kier alpha value is -4.50. The molecule has 0 saturated carbocycles. The summed E-state index contributed by atoms with van der Waals surface area (Å²) in [7, 11) is 5.24. The number of nitrogens with one attached hydrogen (secondary N) is 2. The van der Waals surface area contributed by atoms with Crippen LogP contribution in [0.2, 0.25) is 0 Å². The van der Waals surface area contributed by atoms with Crippen LogP contribution in [0.5, 0.6) is 0 Å². The minimum absolute atomic E-state index is 0.0345. The third-order valence-corrected chi connectivity index (χ3v) is 6.00. The van der Waals surface area contributed by atoms with E-state index in [2.05, 4.69) is 15.6 Å². The lowest BCUT2D eigenvalue weighted by Gasteiger charge is -2.23. The molecule has 0 saturated heterocycles. The van der Waals surface area contributed by atoms with Crippen LogP contribution in [0.4, 0.5) is 17.1 Å². The number of benzene rings is 2. The van der Waals surface area contributed by atoms with Crippen LogP contribution in [0, 0.1) is 0 Å². The second kappa shape index (κ2) is 11.0. The summed E-state index contributed by atoms with van der Waals surface area (Å²) < 4.78 is 4.80. The lowest BCUT2D eigenvalue weighted by molar-refractivity contribution is -0.116. The summed E-state index contributed by atoms with van der Waals surface area (Å²) in [4.78, 5) is 45.2. The van der Waals surface area contributed by atoms with Crippen molar-refractivity contribution in [2.24, 2.45) is 0 Å². The van der Waals surface area contributed by atoms with Crippen molar-refractivity contribution in [2.75, 3.05) is 49.8 Å². The van der Waals surface area contributed by atoms with Crippen molar-refractivity contribution in [3.8, 4) is 0 Å². The summed E-state index contributed by atoms with van der Waals surface area (Å²) in [6.45, 7) is 2.87. The summed E-state index contributed by atoms with van der Waals surface area (Å²) in [6, 6.07) is 16.1. The number of esters is 1. The first kappa shape index (κ1) is 25.6. The number of hydrogen-bond acceptors (Lipinski definition) is 7. The first-order chi connectivity index (χ1) is 17.8. The van der Waals surface area contributed by atoms with E-state index < -0.39 is 5.97 Å². The Morgan fingerprint density at radius 3 is 2.30 bits per heavy atom. The molecule has 1 aliphatic heterocycles. The van der Waals surface area contributed by atoms with Gasteiger partial charge in [-0.15, -0.1) is 0 Å². The van der Waals surface area contributed by atoms with Gasteiger partial charge in [0.15, 0.2) is 0 Å². The molecule has 2 N–H and O–H groups in total. The van der Waals surface area contributed by atoms with Crippen molar-refractivity contribution >= 4 is 46.1 Å². The second-order valence-electron chi connectivity index (χ2n) is 8.84. The Balaban J connectivity index is 1.72. The molecule has 2 aromatic carbocycles. The molecule has 2 heterocycles. The summed E-state index contributed by atoms with van der Waals surface area (Å²) in [5.74, 6) is -0.806. The summed E-state index contributed by atoms with van der Waals surface area (Å²) >= 11 is 0. The minimum Gasteiger partial charge on any atom is -0.465 e. The number of carbonyl (C=O) groups excluding carboxylic acids is 3. The third kappa shape index (κ3) is 5.68. The molecule has 9 nitrogen and oxygen atoms in total. The summed E-state index contributed by atoms with van der Waals surface area (Å²) in [6.07, 6.45) is 3.31. The van der Waals surface area contributed by atoms with Gasteiger partial charge < -0.3 is 25.2 Å². The average Bonchev–Trinajstić information content (AvgIpc) is 3.22. The highest BCUT2D eigenvalue weighted by atomic mass is 16.5. The van der Waals surface area contributed by atoms with Crippen molar-refractivity contribution in [3.63, 3.8) is 0 Å². The number of hydrogen-bond donors (Lipinski definition) is 2. The number of nitrogens with zero attached hydrogens (tertiary/aromatic N) is 3. The van der Waals surface area contributed by atoms with Crippen molar-refractivity contribution < 1.29 is 19.1 Å². The van der Waals surface area contributed by atoms with Gasteiger partial charge in [0.25, 0.3) is 5.91 Å². The Bertz CT molecular complexity index is 1350. The second-order valence-corrected chi connectivity index (χ2v) is 8.84. The van der Waals surface area contributed by atoms with Crippen LogP contribution in [0.25, 0.3) is 11.3 Å². The monoisotopic (exact) mass is 499 g/mol. The predicted octanol–water partition coefficient (Wildman–Crippen LogP) is 3.72. The number of rotatable bonds is 8. The largest absolute Gasteiger partial charge is 0.465 e. The van der Waals surface area contributed by atoms with Gasteiger partial charge >= 0.3 is 5.97 Å². The number of ether oxygens (including phenoxy) is 1. The molecule has 0 bridgehead atoms. The molecule has 0 spiro atoms. The zero-order valence-corrected chi connectivity index (χ0v) is 21.2. The molecule has 0 fully saturated rings. The maximum absolute atomic E-state index is 13.1. The number of pyridine rings is 1. The van der Waals surface area contributed by atoms with E-state index in [1.807, 2.05) is 55.4 Å². The molecule has 1 aliphatic rings. The number of aromatic nitrogens is 1. The minimum atomic E-state index is -0.479. The number of amides is 2. The lowest BCUT2D eigenvalue weighted by atomic mass is 9.99. The number of fused-ring (bicyclic) bond motifs is 1. The highest BCUT2D eigenvalue weighted by Crippen LogP contribution is 2.38. The maximum atomic E-state index is 13.1. The number of likely N-dealkylation sites (N-methyl/N-ethyl adjacent to an activating group) is 1. The lowest BCUT2D eigenvalue weighted by Crippen LogP contribution is -2.35. The van der Waals surface area contributed by atoms with Crippen molar-refractivity contribution in [1.82, 2.24) is 9.88 Å². The SMILES string of the molecule is COC(=O)c1ccc2c(c1)NC(=O)C2=C(Nc1ccc(N(CCN(C)C)C(C)=O)cc1)c1ccncc1. The van der Waals surface area contributed by atoms with E-state index >= 15 is 0 Å². The molecule has 9 heteroatoms. The van der Waals surface area contributed by atoms with E-state index in [9.17, 15) is 14.4 Å². The molecule has 4 rings (SSSR count). The van der Waals surface area contributed by atoms with Gasteiger partial charge in [0, 0.05) is 54.9 Å². The standard InChI is InChI=1S/C28H29N5O4/c1-18(34)33(16-15-32(2)3)22-8-6-21(7-9-22)30-26(19-11-13-29-14-12-19)25-23-10-5-20(28(36)37-4)17-24(23)31-27(25)35/h5-14,17,30H,15-16H2,1-4H3,(H,31,35). The average molecular weight is 500 g/mol. The van der Waals surface area contributed by atoms with Crippen LogP contribution in [0.3, 0.4) is 0 Å². The smallest absolute Gasteiger partial charge is 0.337 e. The van der Waals surface area contributed by atoms with Crippen LogP contribution in [0.15, 0.2) is 67.0 Å². The molecule has 0 atom stereocenters. The maximum Gasteiger partial charge on any atom is 0.337 e. The zero-order chi connectivity index (χ0) is 26.5. The van der Waals surface area contributed by atoms with Gasteiger partial charge in [0.1, 0.15) is 0 Å². The predicted molar refractivity (Wildman–Crippen MR) is 144 cm³/mol. The summed E-state index contributed by atoms with van der Waals surface area (Å²) in [5.41, 5.74) is 4.88.